The minimum Gasteiger partial charge on any atom is -0.467 e. The molecule has 3 aromatic rings. The number of benzene rings is 2. The highest BCUT2D eigenvalue weighted by Crippen LogP contribution is 2.48. The summed E-state index contributed by atoms with van der Waals surface area (Å²) in [5, 5.41) is 11.8. The number of nitrogens with one attached hydrogen (secondary N) is 4. The SMILES string of the molecule is COC(=O)[C@H](CCNC(=O)C(=O)CC1CC(C)CC(C)(C)C1)NC(=O)c1ccc(Nc2nc(NC3(c4ccc(Cl)cc4)CC3)nc(OCC(F)(F)F)n2)cc1. The second-order valence-electron chi connectivity index (χ2n) is 15.1. The third-order valence-corrected chi connectivity index (χ3v) is 9.85. The number of nitrogens with zero attached hydrogens (tertiary/aromatic N) is 3. The van der Waals surface area contributed by atoms with Crippen molar-refractivity contribution in [3.63, 3.8) is 0 Å². The van der Waals surface area contributed by atoms with Gasteiger partial charge in [0.1, 0.15) is 6.04 Å². The number of aromatic nitrogens is 3. The van der Waals surface area contributed by atoms with Gasteiger partial charge in [0.2, 0.25) is 17.7 Å². The monoisotopic (exact) mass is 787 g/mol. The molecule has 4 N–H and O–H groups in total. The zero-order chi connectivity index (χ0) is 40.0. The van der Waals surface area contributed by atoms with Crippen LogP contribution >= 0.6 is 11.6 Å². The number of hydrogen-bond donors (Lipinski definition) is 4. The third-order valence-electron chi connectivity index (χ3n) is 9.60. The van der Waals surface area contributed by atoms with Gasteiger partial charge in [0.25, 0.3) is 11.8 Å². The lowest BCUT2D eigenvalue weighted by Crippen LogP contribution is -2.44. The molecule has 17 heteroatoms. The molecule has 13 nitrogen and oxygen atoms in total. The highest BCUT2D eigenvalue weighted by atomic mass is 35.5. The lowest BCUT2D eigenvalue weighted by atomic mass is 9.67. The number of hydrogen-bond acceptors (Lipinski definition) is 11. The van der Waals surface area contributed by atoms with E-state index in [9.17, 15) is 32.3 Å². The Hall–Kier alpha value is -4.99. The Morgan fingerprint density at radius 2 is 1.64 bits per heavy atom. The Bertz CT molecular complexity index is 1860. The first kappa shape index (κ1) is 41.2. The molecule has 296 valence electrons. The van der Waals surface area contributed by atoms with Gasteiger partial charge in [-0.2, -0.15) is 28.1 Å². The van der Waals surface area contributed by atoms with E-state index in [1.165, 1.54) is 31.4 Å². The summed E-state index contributed by atoms with van der Waals surface area (Å²) in [5.41, 5.74) is 0.997. The van der Waals surface area contributed by atoms with E-state index in [0.717, 1.165) is 37.7 Å². The van der Waals surface area contributed by atoms with Crippen LogP contribution in [0.4, 0.5) is 30.8 Å². The van der Waals surface area contributed by atoms with Gasteiger partial charge in [-0.15, -0.1) is 0 Å². The van der Waals surface area contributed by atoms with E-state index < -0.39 is 53.9 Å². The van der Waals surface area contributed by atoms with E-state index in [0.29, 0.717) is 16.6 Å². The van der Waals surface area contributed by atoms with Crippen molar-refractivity contribution >= 4 is 52.8 Å². The number of carbonyl (C=O) groups is 4. The molecule has 2 aliphatic carbocycles. The molecule has 3 atom stereocenters. The fraction of sp³-hybridized carbons (Fsp3) is 0.500. The Kier molecular flexibility index (Phi) is 12.9. The van der Waals surface area contributed by atoms with Crippen molar-refractivity contribution in [3.05, 3.63) is 64.7 Å². The summed E-state index contributed by atoms with van der Waals surface area (Å²) in [5.74, 6) is -2.15. The second-order valence-corrected chi connectivity index (χ2v) is 15.5. The van der Waals surface area contributed by atoms with Crippen LogP contribution in [0.25, 0.3) is 0 Å². The van der Waals surface area contributed by atoms with E-state index in [2.05, 4.69) is 57.0 Å². The van der Waals surface area contributed by atoms with Crippen LogP contribution < -0.4 is 26.0 Å². The number of halogens is 4. The molecule has 0 spiro atoms. The number of alkyl halides is 3. The van der Waals surface area contributed by atoms with Gasteiger partial charge in [0, 0.05) is 29.2 Å². The van der Waals surface area contributed by atoms with Crippen molar-refractivity contribution < 1.29 is 41.8 Å². The molecular formula is C38H45ClF3N7O6. The largest absolute Gasteiger partial charge is 0.467 e. The van der Waals surface area contributed by atoms with Gasteiger partial charge in [-0.3, -0.25) is 14.4 Å². The number of amides is 2. The summed E-state index contributed by atoms with van der Waals surface area (Å²) in [6.45, 7) is 4.83. The first-order chi connectivity index (χ1) is 25.9. The van der Waals surface area contributed by atoms with E-state index in [4.69, 9.17) is 21.1 Å². The number of ketones is 1. The first-order valence-electron chi connectivity index (χ1n) is 18.0. The summed E-state index contributed by atoms with van der Waals surface area (Å²) >= 11 is 6.04. The smallest absolute Gasteiger partial charge is 0.422 e. The molecule has 2 aromatic carbocycles. The van der Waals surface area contributed by atoms with Gasteiger partial charge >= 0.3 is 18.2 Å². The quantitative estimate of drug-likeness (QED) is 0.0921. The second kappa shape index (κ2) is 17.2. The minimum absolute atomic E-state index is 0.0181. The Balaban J connectivity index is 1.19. The third kappa shape index (κ3) is 12.0. The Labute approximate surface area is 321 Å². The van der Waals surface area contributed by atoms with E-state index in [-0.39, 0.29) is 48.2 Å². The number of carbonyl (C=O) groups excluding carboxylic acids is 4. The fourth-order valence-electron chi connectivity index (χ4n) is 7.22. The van der Waals surface area contributed by atoms with Gasteiger partial charge in [-0.1, -0.05) is 44.5 Å². The summed E-state index contributed by atoms with van der Waals surface area (Å²) in [6, 6.07) is 11.4. The van der Waals surface area contributed by atoms with Crippen LogP contribution in [-0.2, 0) is 24.7 Å². The van der Waals surface area contributed by atoms with Gasteiger partial charge in [-0.25, -0.2) is 4.79 Å². The van der Waals surface area contributed by atoms with Gasteiger partial charge in [0.15, 0.2) is 6.61 Å². The molecule has 0 saturated heterocycles. The molecule has 0 radical (unpaired) electrons. The number of anilines is 3. The predicted octanol–water partition coefficient (Wildman–Crippen LogP) is 6.51. The van der Waals surface area contributed by atoms with Crippen LogP contribution in [-0.4, -0.2) is 71.0 Å². The summed E-state index contributed by atoms with van der Waals surface area (Å²) in [6.07, 6.45) is -0.234. The topological polar surface area (TPSA) is 174 Å². The lowest BCUT2D eigenvalue weighted by molar-refractivity contribution is -0.154. The number of ether oxygens (including phenoxy) is 2. The zero-order valence-electron chi connectivity index (χ0n) is 31.0. The minimum atomic E-state index is -4.63. The number of Topliss-reactive ketones (excluding diaryl/α,β-unsaturated/α-hetero) is 1. The summed E-state index contributed by atoms with van der Waals surface area (Å²) in [7, 11) is 1.17. The first-order valence-corrected chi connectivity index (χ1v) is 18.4. The summed E-state index contributed by atoms with van der Waals surface area (Å²) in [4.78, 5) is 63.3. The Morgan fingerprint density at radius 3 is 2.25 bits per heavy atom. The fourth-order valence-corrected chi connectivity index (χ4v) is 7.35. The van der Waals surface area contributed by atoms with Crippen LogP contribution in [0.1, 0.15) is 81.6 Å². The maximum atomic E-state index is 13.1. The summed E-state index contributed by atoms with van der Waals surface area (Å²) < 4.78 is 48.6. The molecule has 55 heavy (non-hydrogen) atoms. The predicted molar refractivity (Wildman–Crippen MR) is 198 cm³/mol. The molecule has 1 heterocycles. The molecule has 2 unspecified atom stereocenters. The molecule has 1 aromatic heterocycles. The van der Waals surface area contributed by atoms with Gasteiger partial charge < -0.3 is 30.7 Å². The van der Waals surface area contributed by atoms with Crippen molar-refractivity contribution in [1.29, 1.82) is 0 Å². The van der Waals surface area contributed by atoms with E-state index in [1.54, 1.807) is 12.1 Å². The average molecular weight is 788 g/mol. The molecule has 2 saturated carbocycles. The highest BCUT2D eigenvalue weighted by molar-refractivity contribution is 6.36. The van der Waals surface area contributed by atoms with Gasteiger partial charge in [0.05, 0.1) is 12.6 Å². The molecule has 0 aliphatic heterocycles. The molecular weight excluding hydrogens is 743 g/mol. The van der Waals surface area contributed by atoms with Crippen LogP contribution in [0.15, 0.2) is 48.5 Å². The Morgan fingerprint density at radius 1 is 0.964 bits per heavy atom. The van der Waals surface area contributed by atoms with Crippen molar-refractivity contribution in [2.24, 2.45) is 17.3 Å². The molecule has 2 aliphatic rings. The average Bonchev–Trinajstić information content (AvgIpc) is 3.89. The standard InChI is InChI=1S/C38H45ClF3N7O6/c1-22-17-23(20-36(2,3)19-22)18-29(50)31(52)43-16-13-28(32(53)54-4)45-30(51)24-5-11-27(12-6-24)44-33-46-34(48-35(47-33)55-21-38(40,41)42)49-37(14-15-37)25-7-9-26(39)10-8-25/h5-12,22-23,28H,13-21H2,1-4H3,(H,43,52)(H,45,51)(H2,44,46,47,48,49)/t22?,23?,28-/m0/s1. The van der Waals surface area contributed by atoms with E-state index in [1.807, 2.05) is 12.1 Å². The van der Waals surface area contributed by atoms with Crippen LogP contribution in [0.5, 0.6) is 6.01 Å². The van der Waals surface area contributed by atoms with Crippen molar-refractivity contribution in [2.45, 2.75) is 83.5 Å². The van der Waals surface area contributed by atoms with E-state index >= 15 is 0 Å². The molecule has 5 rings (SSSR count). The normalized spacial score (nSPS) is 19.0. The van der Waals surface area contributed by atoms with Gasteiger partial charge in [-0.05, 0) is 97.7 Å². The molecule has 2 amide bonds. The van der Waals surface area contributed by atoms with Crippen molar-refractivity contribution in [2.75, 3.05) is 30.9 Å². The molecule has 0 bridgehead atoms. The van der Waals surface area contributed by atoms with Crippen LogP contribution in [0.2, 0.25) is 5.02 Å². The number of rotatable bonds is 16. The number of methoxy groups -OCH3 is 1. The lowest BCUT2D eigenvalue weighted by Gasteiger charge is -2.38. The zero-order valence-corrected chi connectivity index (χ0v) is 31.8. The highest BCUT2D eigenvalue weighted by Gasteiger charge is 2.45. The van der Waals surface area contributed by atoms with Crippen LogP contribution in [0.3, 0.4) is 0 Å². The van der Waals surface area contributed by atoms with Crippen molar-refractivity contribution in [1.82, 2.24) is 25.6 Å². The maximum absolute atomic E-state index is 13.1. The molecule has 2 fully saturated rings. The maximum Gasteiger partial charge on any atom is 0.422 e. The number of esters is 1. The van der Waals surface area contributed by atoms with Crippen LogP contribution in [0, 0.1) is 17.3 Å². The van der Waals surface area contributed by atoms with Crippen molar-refractivity contribution in [3.8, 4) is 6.01 Å².